The first-order chi connectivity index (χ1) is 13.8. The van der Waals surface area contributed by atoms with Gasteiger partial charge in [0.2, 0.25) is 0 Å². The number of aliphatic hydroxyl groups is 1. The summed E-state index contributed by atoms with van der Waals surface area (Å²) >= 11 is 0. The highest BCUT2D eigenvalue weighted by atomic mass is 16.3. The van der Waals surface area contributed by atoms with E-state index in [2.05, 4.69) is 13.8 Å². The number of carbonyl (C=O) groups excluding carboxylic acids is 4. The summed E-state index contributed by atoms with van der Waals surface area (Å²) < 4.78 is 0. The van der Waals surface area contributed by atoms with E-state index >= 15 is 0 Å². The highest BCUT2D eigenvalue weighted by Gasteiger charge is 2.58. The van der Waals surface area contributed by atoms with Gasteiger partial charge in [-0.15, -0.1) is 0 Å². The summed E-state index contributed by atoms with van der Waals surface area (Å²) in [4.78, 5) is 51.7. The number of rotatable bonds is 15. The molecule has 1 fully saturated rings. The van der Waals surface area contributed by atoms with Crippen molar-refractivity contribution in [3.8, 4) is 0 Å². The normalized spacial score (nSPS) is 24.9. The molecule has 0 saturated heterocycles. The van der Waals surface area contributed by atoms with Crippen molar-refractivity contribution < 1.29 is 24.3 Å². The molecule has 1 N–H and O–H groups in total. The van der Waals surface area contributed by atoms with E-state index in [0.29, 0.717) is 25.7 Å². The third-order valence-corrected chi connectivity index (χ3v) is 6.11. The van der Waals surface area contributed by atoms with Gasteiger partial charge in [-0.25, -0.2) is 0 Å². The van der Waals surface area contributed by atoms with E-state index in [-0.39, 0.29) is 12.8 Å². The molecule has 29 heavy (non-hydrogen) atoms. The van der Waals surface area contributed by atoms with Crippen molar-refractivity contribution in [2.75, 3.05) is 0 Å². The molecular weight excluding hydrogens is 368 g/mol. The van der Waals surface area contributed by atoms with E-state index in [1.807, 2.05) is 6.92 Å². The summed E-state index contributed by atoms with van der Waals surface area (Å²) in [6.07, 6.45) is 9.81. The Morgan fingerprint density at radius 3 is 1.93 bits per heavy atom. The Hall–Kier alpha value is -1.36. The fourth-order valence-electron chi connectivity index (χ4n) is 4.21. The van der Waals surface area contributed by atoms with Gasteiger partial charge in [0.1, 0.15) is 5.92 Å². The monoisotopic (exact) mass is 408 g/mol. The summed E-state index contributed by atoms with van der Waals surface area (Å²) in [6, 6.07) is 0. The molecule has 1 aliphatic carbocycles. The predicted molar refractivity (Wildman–Crippen MR) is 114 cm³/mol. The lowest BCUT2D eigenvalue weighted by molar-refractivity contribution is -0.167. The molecule has 0 aliphatic heterocycles. The topological polar surface area (TPSA) is 88.5 Å². The Labute approximate surface area is 176 Å². The van der Waals surface area contributed by atoms with Gasteiger partial charge < -0.3 is 5.11 Å². The van der Waals surface area contributed by atoms with Crippen LogP contribution in [0.1, 0.15) is 111 Å². The van der Waals surface area contributed by atoms with Crippen LogP contribution < -0.4 is 0 Å². The van der Waals surface area contributed by atoms with E-state index in [1.54, 1.807) is 0 Å². The van der Waals surface area contributed by atoms with Crippen LogP contribution in [0.15, 0.2) is 0 Å². The van der Waals surface area contributed by atoms with Crippen LogP contribution in [0.5, 0.6) is 0 Å². The Balaban J connectivity index is 3.03. The van der Waals surface area contributed by atoms with Crippen LogP contribution in [0.3, 0.4) is 0 Å². The van der Waals surface area contributed by atoms with Crippen LogP contribution in [0.4, 0.5) is 0 Å². The third-order valence-electron chi connectivity index (χ3n) is 6.11. The maximum absolute atomic E-state index is 13.0. The molecule has 0 amide bonds. The lowest BCUT2D eigenvalue weighted by atomic mass is 9.65. The van der Waals surface area contributed by atoms with Gasteiger partial charge in [-0.05, 0) is 25.7 Å². The van der Waals surface area contributed by atoms with Crippen LogP contribution in [0.25, 0.3) is 0 Å². The molecular formula is C24H40O5. The quantitative estimate of drug-likeness (QED) is 0.312. The Kier molecular flexibility index (Phi) is 11.6. The van der Waals surface area contributed by atoms with Crippen molar-refractivity contribution in [3.63, 3.8) is 0 Å². The highest BCUT2D eigenvalue weighted by molar-refractivity contribution is 6.35. The first-order valence-corrected chi connectivity index (χ1v) is 11.7. The van der Waals surface area contributed by atoms with Gasteiger partial charge in [0, 0.05) is 6.42 Å². The molecule has 1 rings (SSSR count). The Bertz CT molecular complexity index is 568. The van der Waals surface area contributed by atoms with E-state index in [9.17, 15) is 24.3 Å². The second kappa shape index (κ2) is 13.0. The van der Waals surface area contributed by atoms with Crippen LogP contribution in [-0.4, -0.2) is 33.8 Å². The van der Waals surface area contributed by atoms with Gasteiger partial charge in [0.25, 0.3) is 0 Å². The van der Waals surface area contributed by atoms with Gasteiger partial charge in [-0.2, -0.15) is 0 Å². The van der Waals surface area contributed by atoms with Gasteiger partial charge in [-0.3, -0.25) is 19.2 Å². The summed E-state index contributed by atoms with van der Waals surface area (Å²) in [6.45, 7) is 6.15. The van der Waals surface area contributed by atoms with Crippen LogP contribution in [0.2, 0.25) is 0 Å². The lowest BCUT2D eigenvalue weighted by Crippen LogP contribution is -2.62. The molecule has 0 radical (unpaired) electrons. The second-order valence-corrected chi connectivity index (χ2v) is 8.56. The smallest absolute Gasteiger partial charge is 0.189 e. The summed E-state index contributed by atoms with van der Waals surface area (Å²) in [5.74, 6) is -5.02. The number of carbonyl (C=O) groups is 4. The molecule has 0 aromatic rings. The van der Waals surface area contributed by atoms with Crippen LogP contribution in [-0.2, 0) is 19.2 Å². The van der Waals surface area contributed by atoms with E-state index in [0.717, 1.165) is 51.4 Å². The molecule has 166 valence electrons. The summed E-state index contributed by atoms with van der Waals surface area (Å²) in [5.41, 5.74) is -2.18. The van der Waals surface area contributed by atoms with E-state index in [1.165, 1.54) is 0 Å². The highest BCUT2D eigenvalue weighted by Crippen LogP contribution is 2.35. The average molecular weight is 409 g/mol. The first-order valence-electron chi connectivity index (χ1n) is 11.7. The standard InChI is InChI=1S/C24H40O5/c1-4-7-10-13-15-18-21(26)20(19(25)16-12-9-6-3)23(28)24(29,22(18)27)17-14-11-8-5-2/h18,20,29H,4-17H2,1-3H3. The van der Waals surface area contributed by atoms with Gasteiger partial charge in [0.05, 0.1) is 5.92 Å². The molecule has 3 unspecified atom stereocenters. The molecule has 0 bridgehead atoms. The fourth-order valence-corrected chi connectivity index (χ4v) is 4.21. The lowest BCUT2D eigenvalue weighted by Gasteiger charge is -2.37. The zero-order chi connectivity index (χ0) is 21.9. The molecule has 5 heteroatoms. The Morgan fingerprint density at radius 2 is 1.34 bits per heavy atom. The van der Waals surface area contributed by atoms with Crippen molar-refractivity contribution in [2.45, 2.75) is 116 Å². The number of hydrogen-bond acceptors (Lipinski definition) is 5. The van der Waals surface area contributed by atoms with Crippen LogP contribution in [0, 0.1) is 11.8 Å². The predicted octanol–water partition coefficient (Wildman–Crippen LogP) is 4.76. The zero-order valence-corrected chi connectivity index (χ0v) is 18.6. The second-order valence-electron chi connectivity index (χ2n) is 8.56. The summed E-state index contributed by atoms with van der Waals surface area (Å²) in [5, 5.41) is 11.1. The number of hydrogen-bond donors (Lipinski definition) is 1. The number of ketones is 4. The fraction of sp³-hybridized carbons (Fsp3) is 0.833. The Morgan fingerprint density at radius 1 is 0.793 bits per heavy atom. The first kappa shape index (κ1) is 25.7. The SMILES string of the molecule is CCCCCCC1C(=O)C(C(=O)CCCCC)C(=O)C(O)(CCCCCC)C1=O. The average Bonchev–Trinajstić information content (AvgIpc) is 2.70. The minimum atomic E-state index is -2.18. The van der Waals surface area contributed by atoms with Crippen molar-refractivity contribution in [2.24, 2.45) is 11.8 Å². The molecule has 1 saturated carbocycles. The number of Topliss-reactive ketones (excluding diaryl/α,β-unsaturated/α-hetero) is 4. The largest absolute Gasteiger partial charge is 0.374 e. The van der Waals surface area contributed by atoms with Crippen molar-refractivity contribution >= 4 is 23.1 Å². The van der Waals surface area contributed by atoms with Gasteiger partial charge >= 0.3 is 0 Å². The maximum atomic E-state index is 13.0. The van der Waals surface area contributed by atoms with Crippen molar-refractivity contribution in [3.05, 3.63) is 0 Å². The minimum Gasteiger partial charge on any atom is -0.374 e. The molecule has 0 spiro atoms. The van der Waals surface area contributed by atoms with Crippen molar-refractivity contribution in [1.82, 2.24) is 0 Å². The van der Waals surface area contributed by atoms with Crippen LogP contribution >= 0.6 is 0 Å². The van der Waals surface area contributed by atoms with E-state index in [4.69, 9.17) is 0 Å². The molecule has 3 atom stereocenters. The molecule has 0 aromatic heterocycles. The van der Waals surface area contributed by atoms with Gasteiger partial charge in [-0.1, -0.05) is 78.6 Å². The van der Waals surface area contributed by atoms with E-state index < -0.39 is 40.6 Å². The minimum absolute atomic E-state index is 0.0160. The van der Waals surface area contributed by atoms with Gasteiger partial charge in [0.15, 0.2) is 28.7 Å². The third kappa shape index (κ3) is 6.84. The molecule has 5 nitrogen and oxygen atoms in total. The molecule has 0 aromatic carbocycles. The molecule has 1 aliphatic rings. The summed E-state index contributed by atoms with van der Waals surface area (Å²) in [7, 11) is 0. The zero-order valence-electron chi connectivity index (χ0n) is 18.6. The number of unbranched alkanes of at least 4 members (excludes halogenated alkanes) is 8. The maximum Gasteiger partial charge on any atom is 0.189 e. The molecule has 0 heterocycles. The van der Waals surface area contributed by atoms with Crippen molar-refractivity contribution in [1.29, 1.82) is 0 Å².